The molecule has 1 heterocycles. The molecule has 0 aromatic heterocycles. The molecule has 0 spiro atoms. The lowest BCUT2D eigenvalue weighted by molar-refractivity contribution is -0.120. The van der Waals surface area contributed by atoms with Gasteiger partial charge in [0.2, 0.25) is 5.91 Å². The molecule has 0 saturated carbocycles. The molecule has 1 fully saturated rings. The summed E-state index contributed by atoms with van der Waals surface area (Å²) in [5.74, 6) is 0.818. The molecule has 0 aromatic carbocycles. The van der Waals surface area contributed by atoms with Crippen molar-refractivity contribution in [1.82, 2.24) is 10.6 Å². The Labute approximate surface area is 85.4 Å². The van der Waals surface area contributed by atoms with E-state index in [1.54, 1.807) is 7.05 Å². The summed E-state index contributed by atoms with van der Waals surface area (Å²) in [5, 5.41) is 5.71. The topological polar surface area (TPSA) is 50.4 Å². The van der Waals surface area contributed by atoms with Crippen LogP contribution in [0.4, 0.5) is 0 Å². The molecule has 1 aliphatic heterocycles. The van der Waals surface area contributed by atoms with Crippen LogP contribution in [0.3, 0.4) is 0 Å². The van der Waals surface area contributed by atoms with Crippen molar-refractivity contribution in [2.75, 3.05) is 33.4 Å². The number of carbonyl (C=O) groups excluding carboxylic acids is 1. The van der Waals surface area contributed by atoms with Gasteiger partial charge in [0.15, 0.2) is 0 Å². The SMILES string of the molecule is CNCC(=O)NCCC1CCOCC1. The van der Waals surface area contributed by atoms with Crippen LogP contribution in [0.2, 0.25) is 0 Å². The van der Waals surface area contributed by atoms with E-state index in [0.29, 0.717) is 6.54 Å². The Morgan fingerprint density at radius 3 is 2.79 bits per heavy atom. The summed E-state index contributed by atoms with van der Waals surface area (Å²) in [5.41, 5.74) is 0. The van der Waals surface area contributed by atoms with Crippen LogP contribution in [0.5, 0.6) is 0 Å². The number of amides is 1. The minimum Gasteiger partial charge on any atom is -0.381 e. The zero-order valence-electron chi connectivity index (χ0n) is 8.84. The van der Waals surface area contributed by atoms with Crippen molar-refractivity contribution < 1.29 is 9.53 Å². The summed E-state index contributed by atoms with van der Waals surface area (Å²) in [7, 11) is 1.78. The highest BCUT2D eigenvalue weighted by Gasteiger charge is 2.13. The molecule has 1 saturated heterocycles. The normalized spacial score (nSPS) is 18.1. The summed E-state index contributed by atoms with van der Waals surface area (Å²) < 4.78 is 5.27. The zero-order valence-corrected chi connectivity index (χ0v) is 8.84. The zero-order chi connectivity index (χ0) is 10.2. The van der Waals surface area contributed by atoms with E-state index in [4.69, 9.17) is 4.74 Å². The number of ether oxygens (including phenoxy) is 1. The van der Waals surface area contributed by atoms with Crippen molar-refractivity contribution in [1.29, 1.82) is 0 Å². The van der Waals surface area contributed by atoms with E-state index < -0.39 is 0 Å². The summed E-state index contributed by atoms with van der Waals surface area (Å²) >= 11 is 0. The predicted octanol–water partition coefficient (Wildman–Crippen LogP) is 0.139. The molecule has 1 rings (SSSR count). The first-order valence-electron chi connectivity index (χ1n) is 5.32. The average Bonchev–Trinajstić information content (AvgIpc) is 2.20. The van der Waals surface area contributed by atoms with Crippen molar-refractivity contribution in [2.24, 2.45) is 5.92 Å². The Morgan fingerprint density at radius 1 is 1.43 bits per heavy atom. The Balaban J connectivity index is 1.99. The minimum absolute atomic E-state index is 0.0829. The van der Waals surface area contributed by atoms with Crippen LogP contribution in [0.1, 0.15) is 19.3 Å². The van der Waals surface area contributed by atoms with E-state index in [-0.39, 0.29) is 5.91 Å². The maximum Gasteiger partial charge on any atom is 0.233 e. The van der Waals surface area contributed by atoms with Gasteiger partial charge >= 0.3 is 0 Å². The summed E-state index contributed by atoms with van der Waals surface area (Å²) in [6.45, 7) is 2.98. The van der Waals surface area contributed by atoms with Crippen molar-refractivity contribution in [3.8, 4) is 0 Å². The molecule has 14 heavy (non-hydrogen) atoms. The smallest absolute Gasteiger partial charge is 0.233 e. The van der Waals surface area contributed by atoms with Gasteiger partial charge in [0.1, 0.15) is 0 Å². The summed E-state index contributed by atoms with van der Waals surface area (Å²) in [6.07, 6.45) is 3.36. The molecular formula is C10H20N2O2. The Kier molecular flexibility index (Phi) is 5.56. The largest absolute Gasteiger partial charge is 0.381 e. The molecule has 0 bridgehead atoms. The van der Waals surface area contributed by atoms with Gasteiger partial charge in [0, 0.05) is 19.8 Å². The third-order valence-corrected chi connectivity index (χ3v) is 2.55. The molecule has 0 aliphatic carbocycles. The standard InChI is InChI=1S/C10H20N2O2/c1-11-8-10(13)12-5-2-9-3-6-14-7-4-9/h9,11H,2-8H2,1H3,(H,12,13). The van der Waals surface area contributed by atoms with Gasteiger partial charge < -0.3 is 15.4 Å². The maximum atomic E-state index is 11.1. The Bertz CT molecular complexity index is 168. The van der Waals surface area contributed by atoms with E-state index >= 15 is 0 Å². The van der Waals surface area contributed by atoms with E-state index in [1.165, 1.54) is 0 Å². The fraction of sp³-hybridized carbons (Fsp3) is 0.900. The van der Waals surface area contributed by atoms with Crippen LogP contribution in [-0.2, 0) is 9.53 Å². The molecular weight excluding hydrogens is 180 g/mol. The van der Waals surface area contributed by atoms with Crippen molar-refractivity contribution >= 4 is 5.91 Å². The third-order valence-electron chi connectivity index (χ3n) is 2.55. The van der Waals surface area contributed by atoms with Crippen LogP contribution in [0.25, 0.3) is 0 Å². The fourth-order valence-corrected chi connectivity index (χ4v) is 1.67. The lowest BCUT2D eigenvalue weighted by Crippen LogP contribution is -2.33. The van der Waals surface area contributed by atoms with Gasteiger partial charge in [0.25, 0.3) is 0 Å². The van der Waals surface area contributed by atoms with Gasteiger partial charge in [-0.3, -0.25) is 4.79 Å². The lowest BCUT2D eigenvalue weighted by Gasteiger charge is -2.21. The maximum absolute atomic E-state index is 11.1. The lowest BCUT2D eigenvalue weighted by atomic mass is 9.97. The van der Waals surface area contributed by atoms with Gasteiger partial charge in [0.05, 0.1) is 6.54 Å². The number of hydrogen-bond donors (Lipinski definition) is 2. The monoisotopic (exact) mass is 200 g/mol. The van der Waals surface area contributed by atoms with Gasteiger partial charge in [-0.15, -0.1) is 0 Å². The van der Waals surface area contributed by atoms with Crippen molar-refractivity contribution in [3.05, 3.63) is 0 Å². The van der Waals surface area contributed by atoms with Gasteiger partial charge in [-0.25, -0.2) is 0 Å². The van der Waals surface area contributed by atoms with Gasteiger partial charge in [-0.2, -0.15) is 0 Å². The van der Waals surface area contributed by atoms with Crippen molar-refractivity contribution in [2.45, 2.75) is 19.3 Å². The first-order chi connectivity index (χ1) is 6.83. The third kappa shape index (κ3) is 4.58. The number of carbonyl (C=O) groups is 1. The minimum atomic E-state index is 0.0829. The molecule has 4 nitrogen and oxygen atoms in total. The van der Waals surface area contributed by atoms with Crippen molar-refractivity contribution in [3.63, 3.8) is 0 Å². The van der Waals surface area contributed by atoms with E-state index in [9.17, 15) is 4.79 Å². The molecule has 1 amide bonds. The van der Waals surface area contributed by atoms with E-state index in [0.717, 1.165) is 44.9 Å². The predicted molar refractivity (Wildman–Crippen MR) is 55.1 cm³/mol. The first-order valence-corrected chi connectivity index (χ1v) is 5.32. The van der Waals surface area contributed by atoms with Crippen LogP contribution in [0, 0.1) is 5.92 Å². The van der Waals surface area contributed by atoms with Crippen LogP contribution >= 0.6 is 0 Å². The number of rotatable bonds is 5. The highest BCUT2D eigenvalue weighted by molar-refractivity contribution is 5.77. The number of nitrogens with one attached hydrogen (secondary N) is 2. The second-order valence-electron chi connectivity index (χ2n) is 3.72. The van der Waals surface area contributed by atoms with Gasteiger partial charge in [-0.1, -0.05) is 0 Å². The quantitative estimate of drug-likeness (QED) is 0.663. The van der Waals surface area contributed by atoms with Gasteiger partial charge in [-0.05, 0) is 32.2 Å². The number of hydrogen-bond acceptors (Lipinski definition) is 3. The summed E-state index contributed by atoms with van der Waals surface area (Å²) in [6, 6.07) is 0. The fourth-order valence-electron chi connectivity index (χ4n) is 1.67. The highest BCUT2D eigenvalue weighted by Crippen LogP contribution is 2.17. The Hall–Kier alpha value is -0.610. The molecule has 0 unspecified atom stereocenters. The molecule has 0 atom stereocenters. The number of likely N-dealkylation sites (N-methyl/N-ethyl adjacent to an activating group) is 1. The van der Waals surface area contributed by atoms with E-state index in [1.807, 2.05) is 0 Å². The molecule has 0 aromatic rings. The second-order valence-corrected chi connectivity index (χ2v) is 3.72. The summed E-state index contributed by atoms with van der Waals surface area (Å²) in [4.78, 5) is 11.1. The first kappa shape index (κ1) is 11.5. The van der Waals surface area contributed by atoms with E-state index in [2.05, 4.69) is 10.6 Å². The average molecular weight is 200 g/mol. The van der Waals surface area contributed by atoms with Crippen LogP contribution in [-0.4, -0.2) is 39.3 Å². The molecule has 2 N–H and O–H groups in total. The van der Waals surface area contributed by atoms with Crippen LogP contribution < -0.4 is 10.6 Å². The second kappa shape index (κ2) is 6.79. The molecule has 1 aliphatic rings. The molecule has 0 radical (unpaired) electrons. The molecule has 4 heteroatoms. The molecule has 82 valence electrons. The Morgan fingerprint density at radius 2 is 2.14 bits per heavy atom. The van der Waals surface area contributed by atoms with Crippen LogP contribution in [0.15, 0.2) is 0 Å². The highest BCUT2D eigenvalue weighted by atomic mass is 16.5.